The number of phenolic OH excluding ortho intramolecular Hbond substituents is 1. The van der Waals surface area contributed by atoms with Gasteiger partial charge in [-0.25, -0.2) is 0 Å². The summed E-state index contributed by atoms with van der Waals surface area (Å²) >= 11 is 0. The molecule has 5 aliphatic rings. The van der Waals surface area contributed by atoms with Gasteiger partial charge in [0.15, 0.2) is 35.6 Å². The Labute approximate surface area is 280 Å². The molecule has 8 rings (SSSR count). The minimum absolute atomic E-state index is 0.00981. The summed E-state index contributed by atoms with van der Waals surface area (Å²) in [6, 6.07) is 13.8. The highest BCUT2D eigenvalue weighted by Crippen LogP contribution is 2.57. The summed E-state index contributed by atoms with van der Waals surface area (Å²) < 4.78 is 58.6. The minimum Gasteiger partial charge on any atom is -0.507 e. The zero-order valence-corrected chi connectivity index (χ0v) is 26.8. The number of cyclic esters (lactones) is 1. The van der Waals surface area contributed by atoms with Crippen LogP contribution in [0, 0.1) is 11.8 Å². The summed E-state index contributed by atoms with van der Waals surface area (Å²) in [5.74, 6) is 0.00456. The van der Waals surface area contributed by atoms with Crippen LogP contribution in [0.15, 0.2) is 48.5 Å². The molecule has 0 amide bonds. The Morgan fingerprint density at radius 3 is 2.20 bits per heavy atom. The van der Waals surface area contributed by atoms with Gasteiger partial charge in [0.1, 0.15) is 30.2 Å². The van der Waals surface area contributed by atoms with E-state index in [4.69, 9.17) is 47.4 Å². The highest BCUT2D eigenvalue weighted by atomic mass is 16.8. The van der Waals surface area contributed by atoms with Gasteiger partial charge in [-0.2, -0.15) is 0 Å². The Morgan fingerprint density at radius 1 is 0.796 bits per heavy atom. The van der Waals surface area contributed by atoms with Crippen LogP contribution in [0.3, 0.4) is 0 Å². The minimum atomic E-state index is -1.54. The van der Waals surface area contributed by atoms with Gasteiger partial charge >= 0.3 is 5.97 Å². The van der Waals surface area contributed by atoms with Crippen LogP contribution in [-0.2, 0) is 28.5 Å². The Hall–Kier alpha value is -4.31. The molecule has 260 valence electrons. The molecule has 49 heavy (non-hydrogen) atoms. The van der Waals surface area contributed by atoms with E-state index in [9.17, 15) is 20.1 Å². The van der Waals surface area contributed by atoms with Crippen LogP contribution in [0.1, 0.15) is 40.6 Å². The van der Waals surface area contributed by atoms with E-state index in [0.717, 1.165) is 0 Å². The standard InChI is InChI=1S/C35H36O14/c1-40-23-8-15(9-24(41-2)31(23)42-3)26-17-10-21-22(46-14-45-21)11-18(17)30(19-12-43-33(39)27(19)26)48-35-29(38)28(37)32-25(47-35)13-44-34(49-32)16-6-4-5-7-20(16)36/h4-11,19,25-30,32,34-38H,12-14H2,1-3H3/t19-,25?,26+,27-,28+,29+,30-,32?,34?,35-/m0/s1. The van der Waals surface area contributed by atoms with Gasteiger partial charge in [-0.15, -0.1) is 0 Å². The number of aliphatic hydroxyl groups is 2. The number of aliphatic hydroxyl groups excluding tert-OH is 2. The van der Waals surface area contributed by atoms with Gasteiger partial charge in [-0.05, 0) is 47.0 Å². The number of ether oxygens (including phenoxy) is 10. The molecule has 3 saturated heterocycles. The quantitative estimate of drug-likeness (QED) is 0.311. The van der Waals surface area contributed by atoms with E-state index in [1.807, 2.05) is 12.1 Å². The number of aromatic hydroxyl groups is 1. The van der Waals surface area contributed by atoms with Crippen molar-refractivity contribution in [2.45, 2.75) is 49.0 Å². The molecule has 3 N–H and O–H groups in total. The molecule has 3 unspecified atom stereocenters. The fourth-order valence-electron chi connectivity index (χ4n) is 7.65. The molecule has 4 heterocycles. The number of rotatable bonds is 7. The lowest BCUT2D eigenvalue weighted by atomic mass is 9.66. The second kappa shape index (κ2) is 12.5. The van der Waals surface area contributed by atoms with Gasteiger partial charge in [0.25, 0.3) is 0 Å². The third-order valence-electron chi connectivity index (χ3n) is 9.97. The topological polar surface area (TPSA) is 170 Å². The number of esters is 1. The molecule has 0 saturated carbocycles. The number of benzene rings is 3. The lowest BCUT2D eigenvalue weighted by Gasteiger charge is -2.48. The molecule has 3 aromatic carbocycles. The highest BCUT2D eigenvalue weighted by molar-refractivity contribution is 5.79. The summed E-state index contributed by atoms with van der Waals surface area (Å²) in [6.45, 7) is 0.0495. The lowest BCUT2D eigenvalue weighted by molar-refractivity contribution is -0.369. The predicted octanol–water partition coefficient (Wildman–Crippen LogP) is 2.70. The molecule has 3 fully saturated rings. The molecular formula is C35H36O14. The monoisotopic (exact) mass is 680 g/mol. The predicted molar refractivity (Wildman–Crippen MR) is 165 cm³/mol. The molecule has 14 heteroatoms. The molecule has 0 aromatic heterocycles. The van der Waals surface area contributed by atoms with Crippen molar-refractivity contribution in [3.8, 4) is 34.5 Å². The van der Waals surface area contributed by atoms with Gasteiger partial charge in [0.05, 0.1) is 46.6 Å². The van der Waals surface area contributed by atoms with Crippen molar-refractivity contribution < 1.29 is 67.5 Å². The summed E-state index contributed by atoms with van der Waals surface area (Å²) in [6.07, 6.45) is -7.89. The zero-order chi connectivity index (χ0) is 34.0. The SMILES string of the molecule is COc1cc([C@@H]2c3cc4c(cc3[C@H](O[C@@H]3OC5COC(c6ccccc6O)OC5[C@H](O)[C@H]3O)[C@H]3COC(=O)[C@H]23)OCO4)cc(OC)c1OC. The Kier molecular flexibility index (Phi) is 8.17. The summed E-state index contributed by atoms with van der Waals surface area (Å²) in [5.41, 5.74) is 2.48. The fourth-order valence-corrected chi connectivity index (χ4v) is 7.65. The molecule has 4 aliphatic heterocycles. The van der Waals surface area contributed by atoms with Crippen LogP contribution >= 0.6 is 0 Å². The largest absolute Gasteiger partial charge is 0.507 e. The van der Waals surface area contributed by atoms with Crippen LogP contribution < -0.4 is 23.7 Å². The second-order valence-corrected chi connectivity index (χ2v) is 12.5. The molecule has 14 nitrogen and oxygen atoms in total. The molecule has 10 atom stereocenters. The number of hydrogen-bond acceptors (Lipinski definition) is 14. The number of carbonyl (C=O) groups is 1. The van der Waals surface area contributed by atoms with Gasteiger partial charge in [-0.3, -0.25) is 4.79 Å². The normalized spacial score (nSPS) is 32.8. The number of phenols is 1. The van der Waals surface area contributed by atoms with E-state index in [2.05, 4.69) is 0 Å². The number of fused-ring (bicyclic) bond motifs is 4. The van der Waals surface area contributed by atoms with Crippen LogP contribution in [0.25, 0.3) is 0 Å². The first-order chi connectivity index (χ1) is 23.8. The van der Waals surface area contributed by atoms with Crippen molar-refractivity contribution in [1.29, 1.82) is 0 Å². The first kappa shape index (κ1) is 31.9. The van der Waals surface area contributed by atoms with E-state index in [-0.39, 0.29) is 25.8 Å². The average Bonchev–Trinajstić information content (AvgIpc) is 3.75. The van der Waals surface area contributed by atoms with Crippen molar-refractivity contribution >= 4 is 5.97 Å². The molecule has 0 bridgehead atoms. The third kappa shape index (κ3) is 5.21. The Morgan fingerprint density at radius 2 is 1.51 bits per heavy atom. The Balaban J connectivity index is 1.14. The highest BCUT2D eigenvalue weighted by Gasteiger charge is 2.56. The van der Waals surface area contributed by atoms with Crippen LogP contribution in [0.5, 0.6) is 34.5 Å². The van der Waals surface area contributed by atoms with Crippen molar-refractivity contribution in [2.24, 2.45) is 11.8 Å². The van der Waals surface area contributed by atoms with Crippen LogP contribution in [0.4, 0.5) is 0 Å². The third-order valence-corrected chi connectivity index (χ3v) is 9.97. The second-order valence-electron chi connectivity index (χ2n) is 12.5. The number of hydrogen-bond donors (Lipinski definition) is 3. The zero-order valence-electron chi connectivity index (χ0n) is 26.8. The molecule has 1 aliphatic carbocycles. The van der Waals surface area contributed by atoms with Crippen molar-refractivity contribution in [2.75, 3.05) is 41.3 Å². The number of methoxy groups -OCH3 is 3. The maximum atomic E-state index is 13.6. The first-order valence-corrected chi connectivity index (χ1v) is 15.9. The van der Waals surface area contributed by atoms with E-state index < -0.39 is 66.8 Å². The number of para-hydroxylation sites is 1. The Bertz CT molecular complexity index is 1720. The van der Waals surface area contributed by atoms with E-state index in [0.29, 0.717) is 51.0 Å². The van der Waals surface area contributed by atoms with Crippen molar-refractivity contribution in [3.05, 3.63) is 70.8 Å². The maximum absolute atomic E-state index is 13.6. The summed E-state index contributed by atoms with van der Waals surface area (Å²) in [5, 5.41) is 33.0. The van der Waals surface area contributed by atoms with E-state index >= 15 is 0 Å². The van der Waals surface area contributed by atoms with E-state index in [1.54, 1.807) is 30.3 Å². The van der Waals surface area contributed by atoms with Crippen LogP contribution in [0.2, 0.25) is 0 Å². The van der Waals surface area contributed by atoms with Crippen LogP contribution in [-0.4, -0.2) is 93.3 Å². The van der Waals surface area contributed by atoms with Crippen molar-refractivity contribution in [3.63, 3.8) is 0 Å². The first-order valence-electron chi connectivity index (χ1n) is 15.9. The van der Waals surface area contributed by atoms with Gasteiger partial charge in [-0.1, -0.05) is 18.2 Å². The van der Waals surface area contributed by atoms with Crippen molar-refractivity contribution in [1.82, 2.24) is 0 Å². The summed E-state index contributed by atoms with van der Waals surface area (Å²) in [7, 11) is 4.56. The average molecular weight is 681 g/mol. The maximum Gasteiger partial charge on any atom is 0.310 e. The molecule has 3 aromatic rings. The summed E-state index contributed by atoms with van der Waals surface area (Å²) in [4.78, 5) is 13.6. The van der Waals surface area contributed by atoms with Gasteiger partial charge in [0, 0.05) is 17.4 Å². The van der Waals surface area contributed by atoms with Gasteiger partial charge in [0.2, 0.25) is 12.5 Å². The fraction of sp³-hybridized carbons (Fsp3) is 0.457. The van der Waals surface area contributed by atoms with E-state index in [1.165, 1.54) is 27.4 Å². The molecular weight excluding hydrogens is 644 g/mol. The lowest BCUT2D eigenvalue weighted by Crippen LogP contribution is -2.62. The smallest absolute Gasteiger partial charge is 0.310 e. The molecule has 0 spiro atoms. The number of carbonyl (C=O) groups excluding carboxylic acids is 1. The van der Waals surface area contributed by atoms with Gasteiger partial charge < -0.3 is 62.7 Å². The molecule has 0 radical (unpaired) electrons.